The van der Waals surface area contributed by atoms with E-state index in [0.717, 1.165) is 29.6 Å². The molecular formula is C19H21NO2S. The molecule has 0 radical (unpaired) electrons. The predicted octanol–water partition coefficient (Wildman–Crippen LogP) is 4.50. The smallest absolute Gasteiger partial charge is 0.132 e. The Morgan fingerprint density at radius 2 is 2.13 bits per heavy atom. The molecule has 1 heterocycles. The topological polar surface area (TPSA) is 34.4 Å². The lowest BCUT2D eigenvalue weighted by molar-refractivity contribution is 0.299. The third-order valence-corrected chi connectivity index (χ3v) is 5.29. The number of benzene rings is 1. The van der Waals surface area contributed by atoms with E-state index in [4.69, 9.17) is 9.15 Å². The Hall–Kier alpha value is -1.65. The summed E-state index contributed by atoms with van der Waals surface area (Å²) in [7, 11) is 1.96. The summed E-state index contributed by atoms with van der Waals surface area (Å²) in [6.07, 6.45) is 8.71. The van der Waals surface area contributed by atoms with E-state index in [2.05, 4.69) is 41.9 Å². The molecule has 4 heteroatoms. The molecule has 4 rings (SSSR count). The van der Waals surface area contributed by atoms with Gasteiger partial charge in [-0.1, -0.05) is 6.08 Å². The summed E-state index contributed by atoms with van der Waals surface area (Å²) in [5, 5.41) is 3.30. The highest BCUT2D eigenvalue weighted by Crippen LogP contribution is 2.43. The van der Waals surface area contributed by atoms with Crippen LogP contribution in [0.1, 0.15) is 35.8 Å². The Kier molecular flexibility index (Phi) is 3.95. The van der Waals surface area contributed by atoms with Crippen molar-refractivity contribution in [1.82, 2.24) is 5.32 Å². The molecule has 23 heavy (non-hydrogen) atoms. The summed E-state index contributed by atoms with van der Waals surface area (Å²) in [6, 6.07) is 8.65. The Labute approximate surface area is 141 Å². The quantitative estimate of drug-likeness (QED) is 0.792. The van der Waals surface area contributed by atoms with Gasteiger partial charge in [-0.3, -0.25) is 0 Å². The average Bonchev–Trinajstić information content (AvgIpc) is 3.17. The van der Waals surface area contributed by atoms with Crippen LogP contribution in [0.5, 0.6) is 5.75 Å². The first kappa shape index (κ1) is 14.9. The van der Waals surface area contributed by atoms with Gasteiger partial charge in [0.15, 0.2) is 0 Å². The molecule has 0 bridgehead atoms. The Morgan fingerprint density at radius 3 is 2.87 bits per heavy atom. The number of thioether (sulfide) groups is 1. The molecule has 0 aliphatic heterocycles. The van der Waals surface area contributed by atoms with Crippen molar-refractivity contribution in [3.63, 3.8) is 0 Å². The number of fused-ring (bicyclic) bond motifs is 1. The lowest BCUT2D eigenvalue weighted by atomic mass is 10.0. The largest absolute Gasteiger partial charge is 0.493 e. The maximum Gasteiger partial charge on any atom is 0.132 e. The number of likely N-dealkylation sites (N-methyl/N-ethyl adjacent to an activating group) is 1. The molecule has 1 fully saturated rings. The van der Waals surface area contributed by atoms with E-state index in [9.17, 15) is 0 Å². The maximum atomic E-state index is 6.13. The minimum Gasteiger partial charge on any atom is -0.493 e. The molecule has 1 aromatic carbocycles. The zero-order valence-electron chi connectivity index (χ0n) is 13.5. The minimum atomic E-state index is 0.129. The summed E-state index contributed by atoms with van der Waals surface area (Å²) < 4.78 is 11.8. The molecule has 1 N–H and O–H groups in total. The maximum absolute atomic E-state index is 6.13. The second kappa shape index (κ2) is 6.10. The van der Waals surface area contributed by atoms with Gasteiger partial charge < -0.3 is 14.5 Å². The van der Waals surface area contributed by atoms with E-state index in [1.165, 1.54) is 28.9 Å². The van der Waals surface area contributed by atoms with Crippen molar-refractivity contribution < 1.29 is 9.15 Å². The van der Waals surface area contributed by atoms with Crippen molar-refractivity contribution in [3.05, 3.63) is 53.5 Å². The van der Waals surface area contributed by atoms with Gasteiger partial charge in [0.2, 0.25) is 0 Å². The van der Waals surface area contributed by atoms with Crippen molar-refractivity contribution in [2.45, 2.75) is 23.8 Å². The molecule has 2 aromatic rings. The normalized spacial score (nSPS) is 19.6. The highest BCUT2D eigenvalue weighted by atomic mass is 32.2. The SMILES string of the molecule is CNC1C=C(c2cc(SC)ccc2OCC2CC2)c2ccoc21. The van der Waals surface area contributed by atoms with Crippen LogP contribution >= 0.6 is 11.8 Å². The molecule has 0 amide bonds. The molecule has 120 valence electrons. The zero-order valence-corrected chi connectivity index (χ0v) is 14.3. The van der Waals surface area contributed by atoms with Crippen molar-refractivity contribution in [1.29, 1.82) is 0 Å². The molecule has 1 aromatic heterocycles. The predicted molar refractivity (Wildman–Crippen MR) is 94.0 cm³/mol. The van der Waals surface area contributed by atoms with Crippen LogP contribution in [-0.2, 0) is 0 Å². The van der Waals surface area contributed by atoms with Crippen LogP contribution in [0.3, 0.4) is 0 Å². The second-order valence-corrected chi connectivity index (χ2v) is 7.04. The average molecular weight is 327 g/mol. The Bertz CT molecular complexity index is 746. The Balaban J connectivity index is 1.74. The van der Waals surface area contributed by atoms with E-state index >= 15 is 0 Å². The van der Waals surface area contributed by atoms with Gasteiger partial charge in [-0.05, 0) is 61.9 Å². The van der Waals surface area contributed by atoms with Gasteiger partial charge in [-0.25, -0.2) is 0 Å². The van der Waals surface area contributed by atoms with Gasteiger partial charge in [-0.2, -0.15) is 0 Å². The van der Waals surface area contributed by atoms with Gasteiger partial charge in [0.25, 0.3) is 0 Å². The summed E-state index contributed by atoms with van der Waals surface area (Å²) >= 11 is 1.76. The first-order valence-electron chi connectivity index (χ1n) is 8.08. The van der Waals surface area contributed by atoms with E-state index in [-0.39, 0.29) is 6.04 Å². The lowest BCUT2D eigenvalue weighted by Gasteiger charge is -2.13. The summed E-state index contributed by atoms with van der Waals surface area (Å²) in [5.41, 5.74) is 3.53. The van der Waals surface area contributed by atoms with Crippen molar-refractivity contribution in [2.24, 2.45) is 5.92 Å². The molecule has 0 saturated heterocycles. The van der Waals surface area contributed by atoms with E-state index in [0.29, 0.717) is 0 Å². The molecule has 3 nitrogen and oxygen atoms in total. The fraction of sp³-hybridized carbons (Fsp3) is 0.368. The van der Waals surface area contributed by atoms with Gasteiger partial charge in [0, 0.05) is 16.0 Å². The number of hydrogen-bond acceptors (Lipinski definition) is 4. The number of nitrogens with one attached hydrogen (secondary N) is 1. The standard InChI is InChI=1S/C19H21NO2S/c1-20-17-10-15(14-7-8-21-19(14)17)16-9-13(23-2)5-6-18(16)22-11-12-3-4-12/h5-10,12,17,20H,3-4,11H2,1-2H3. The van der Waals surface area contributed by atoms with Crippen LogP contribution < -0.4 is 10.1 Å². The van der Waals surface area contributed by atoms with Crippen LogP contribution in [0.2, 0.25) is 0 Å². The monoisotopic (exact) mass is 327 g/mol. The van der Waals surface area contributed by atoms with Gasteiger partial charge in [0.1, 0.15) is 11.5 Å². The molecule has 2 aliphatic carbocycles. The third-order valence-electron chi connectivity index (χ3n) is 4.56. The van der Waals surface area contributed by atoms with E-state index in [1.54, 1.807) is 18.0 Å². The number of rotatable bonds is 6. The molecular weight excluding hydrogens is 306 g/mol. The lowest BCUT2D eigenvalue weighted by Crippen LogP contribution is -2.11. The number of furan rings is 1. The fourth-order valence-electron chi connectivity index (χ4n) is 3.03. The van der Waals surface area contributed by atoms with Crippen LogP contribution in [0.4, 0.5) is 0 Å². The number of hydrogen-bond donors (Lipinski definition) is 1. The van der Waals surface area contributed by atoms with Crippen LogP contribution in [0.25, 0.3) is 5.57 Å². The van der Waals surface area contributed by atoms with Crippen molar-refractivity contribution in [2.75, 3.05) is 19.9 Å². The van der Waals surface area contributed by atoms with Crippen LogP contribution in [0, 0.1) is 5.92 Å². The molecule has 1 unspecified atom stereocenters. The Morgan fingerprint density at radius 1 is 1.26 bits per heavy atom. The van der Waals surface area contributed by atoms with Gasteiger partial charge in [-0.15, -0.1) is 11.8 Å². The van der Waals surface area contributed by atoms with E-state index < -0.39 is 0 Å². The molecule has 2 aliphatic rings. The second-order valence-electron chi connectivity index (χ2n) is 6.16. The fourth-order valence-corrected chi connectivity index (χ4v) is 3.47. The minimum absolute atomic E-state index is 0.129. The summed E-state index contributed by atoms with van der Waals surface area (Å²) in [5.74, 6) is 2.71. The number of ether oxygens (including phenoxy) is 1. The van der Waals surface area contributed by atoms with Crippen molar-refractivity contribution in [3.8, 4) is 5.75 Å². The molecule has 0 spiro atoms. The van der Waals surface area contributed by atoms with Crippen LogP contribution in [0.15, 0.2) is 45.9 Å². The highest BCUT2D eigenvalue weighted by Gasteiger charge is 2.29. The first-order valence-corrected chi connectivity index (χ1v) is 9.30. The first-order chi connectivity index (χ1) is 11.3. The van der Waals surface area contributed by atoms with E-state index in [1.807, 2.05) is 7.05 Å². The molecule has 1 saturated carbocycles. The zero-order chi connectivity index (χ0) is 15.8. The van der Waals surface area contributed by atoms with Gasteiger partial charge in [0.05, 0.1) is 18.9 Å². The summed E-state index contributed by atoms with van der Waals surface area (Å²) in [6.45, 7) is 0.826. The summed E-state index contributed by atoms with van der Waals surface area (Å²) in [4.78, 5) is 1.25. The van der Waals surface area contributed by atoms with Crippen molar-refractivity contribution >= 4 is 17.3 Å². The van der Waals surface area contributed by atoms with Crippen LogP contribution in [-0.4, -0.2) is 19.9 Å². The third kappa shape index (κ3) is 2.81. The highest BCUT2D eigenvalue weighted by molar-refractivity contribution is 7.98. The van der Waals surface area contributed by atoms with Gasteiger partial charge >= 0.3 is 0 Å². The molecule has 1 atom stereocenters.